The lowest BCUT2D eigenvalue weighted by Crippen LogP contribution is -2.34. The highest BCUT2D eigenvalue weighted by Gasteiger charge is 2.16. The second-order valence-corrected chi connectivity index (χ2v) is 9.00. The minimum Gasteiger partial charge on any atom is -0.497 e. The van der Waals surface area contributed by atoms with E-state index in [0.717, 1.165) is 5.69 Å². The standard InChI is InChI=1S/C26H26N2O6S/c1-3-28(22-7-5-4-6-8-22)25(29)19-34-26(30)18-11-20-9-16-24(17-10-20)35(31,32)27-21-12-14-23(33-2)15-13-21/h4-18,27H,3,19H2,1-2H3/b18-11+. The second kappa shape index (κ2) is 11.8. The van der Waals surface area contributed by atoms with E-state index in [1.165, 1.54) is 36.3 Å². The number of rotatable bonds is 10. The number of benzene rings is 3. The third-order valence-electron chi connectivity index (χ3n) is 4.97. The van der Waals surface area contributed by atoms with E-state index in [2.05, 4.69) is 4.72 Å². The van der Waals surface area contributed by atoms with Crippen LogP contribution in [0.25, 0.3) is 6.08 Å². The molecule has 0 radical (unpaired) electrons. The van der Waals surface area contributed by atoms with Gasteiger partial charge in [0.15, 0.2) is 6.61 Å². The minimum absolute atomic E-state index is 0.0687. The summed E-state index contributed by atoms with van der Waals surface area (Å²) in [7, 11) is -2.25. The number of esters is 1. The molecular formula is C26H26N2O6S. The van der Waals surface area contributed by atoms with Crippen molar-refractivity contribution >= 4 is 39.4 Å². The quantitative estimate of drug-likeness (QED) is 0.336. The van der Waals surface area contributed by atoms with Crippen LogP contribution in [0.2, 0.25) is 0 Å². The van der Waals surface area contributed by atoms with Crippen molar-refractivity contribution in [3.8, 4) is 5.75 Å². The van der Waals surface area contributed by atoms with Crippen LogP contribution in [0, 0.1) is 0 Å². The van der Waals surface area contributed by atoms with Gasteiger partial charge in [-0.15, -0.1) is 0 Å². The smallest absolute Gasteiger partial charge is 0.331 e. The molecule has 3 aromatic rings. The van der Waals surface area contributed by atoms with Gasteiger partial charge in [-0.05, 0) is 67.1 Å². The minimum atomic E-state index is -3.78. The third kappa shape index (κ3) is 7.18. The van der Waals surface area contributed by atoms with E-state index in [1.54, 1.807) is 48.5 Å². The summed E-state index contributed by atoms with van der Waals surface area (Å²) in [5.41, 5.74) is 1.72. The number of hydrogen-bond acceptors (Lipinski definition) is 6. The van der Waals surface area contributed by atoms with Crippen LogP contribution in [0.3, 0.4) is 0 Å². The highest BCUT2D eigenvalue weighted by Crippen LogP contribution is 2.20. The number of nitrogens with one attached hydrogen (secondary N) is 1. The summed E-state index contributed by atoms with van der Waals surface area (Å²) in [4.78, 5) is 26.0. The van der Waals surface area contributed by atoms with Crippen LogP contribution in [0.5, 0.6) is 5.75 Å². The van der Waals surface area contributed by atoms with Gasteiger partial charge in [-0.1, -0.05) is 30.3 Å². The number of carbonyl (C=O) groups excluding carboxylic acids is 2. The summed E-state index contributed by atoms with van der Waals surface area (Å²) in [5.74, 6) is -0.398. The third-order valence-corrected chi connectivity index (χ3v) is 6.36. The monoisotopic (exact) mass is 494 g/mol. The Morgan fingerprint density at radius 3 is 2.20 bits per heavy atom. The molecule has 1 amide bonds. The summed E-state index contributed by atoms with van der Waals surface area (Å²) in [5, 5.41) is 0. The lowest BCUT2D eigenvalue weighted by Gasteiger charge is -2.20. The van der Waals surface area contributed by atoms with Gasteiger partial charge in [-0.2, -0.15) is 0 Å². The Hall–Kier alpha value is -4.11. The van der Waals surface area contributed by atoms with Crippen LogP contribution in [0.15, 0.2) is 89.8 Å². The molecule has 3 rings (SSSR count). The molecule has 0 spiro atoms. The maximum atomic E-state index is 12.6. The maximum absolute atomic E-state index is 12.6. The fraction of sp³-hybridized carbons (Fsp3) is 0.154. The van der Waals surface area contributed by atoms with E-state index in [0.29, 0.717) is 23.5 Å². The number of amides is 1. The Morgan fingerprint density at radius 2 is 1.60 bits per heavy atom. The van der Waals surface area contributed by atoms with E-state index >= 15 is 0 Å². The van der Waals surface area contributed by atoms with Gasteiger partial charge in [0.2, 0.25) is 0 Å². The average Bonchev–Trinajstić information content (AvgIpc) is 2.88. The number of carbonyl (C=O) groups is 2. The van der Waals surface area contributed by atoms with Crippen molar-refractivity contribution in [1.29, 1.82) is 0 Å². The van der Waals surface area contributed by atoms with Crippen molar-refractivity contribution in [2.24, 2.45) is 0 Å². The highest BCUT2D eigenvalue weighted by molar-refractivity contribution is 7.92. The first-order valence-electron chi connectivity index (χ1n) is 10.8. The number of anilines is 2. The Bertz CT molecular complexity index is 1270. The number of likely N-dealkylation sites (N-methyl/N-ethyl adjacent to an activating group) is 1. The summed E-state index contributed by atoms with van der Waals surface area (Å²) in [6.45, 7) is 1.89. The fourth-order valence-corrected chi connectivity index (χ4v) is 4.22. The van der Waals surface area contributed by atoms with E-state index in [1.807, 2.05) is 25.1 Å². The SMILES string of the molecule is CCN(C(=O)COC(=O)/C=C/c1ccc(S(=O)(=O)Nc2ccc(OC)cc2)cc1)c1ccccc1. The van der Waals surface area contributed by atoms with Crippen LogP contribution in [-0.2, 0) is 24.3 Å². The molecule has 0 aliphatic rings. The first-order chi connectivity index (χ1) is 16.8. The predicted molar refractivity (Wildman–Crippen MR) is 135 cm³/mol. The van der Waals surface area contributed by atoms with Crippen molar-refractivity contribution in [2.45, 2.75) is 11.8 Å². The largest absolute Gasteiger partial charge is 0.497 e. The van der Waals surface area contributed by atoms with Gasteiger partial charge in [0, 0.05) is 24.0 Å². The molecule has 3 aromatic carbocycles. The molecule has 9 heteroatoms. The molecule has 1 N–H and O–H groups in total. The van der Waals surface area contributed by atoms with Gasteiger partial charge in [-0.3, -0.25) is 9.52 Å². The van der Waals surface area contributed by atoms with Crippen molar-refractivity contribution in [1.82, 2.24) is 0 Å². The van der Waals surface area contributed by atoms with Gasteiger partial charge in [0.25, 0.3) is 15.9 Å². The molecule has 8 nitrogen and oxygen atoms in total. The maximum Gasteiger partial charge on any atom is 0.331 e. The second-order valence-electron chi connectivity index (χ2n) is 7.32. The number of hydrogen-bond donors (Lipinski definition) is 1. The van der Waals surface area contributed by atoms with Gasteiger partial charge in [-0.25, -0.2) is 13.2 Å². The summed E-state index contributed by atoms with van der Waals surface area (Å²) in [6, 6.07) is 21.6. The first kappa shape index (κ1) is 25.5. The predicted octanol–water partition coefficient (Wildman–Crippen LogP) is 4.11. The number of sulfonamides is 1. The molecule has 0 aliphatic heterocycles. The molecule has 0 saturated heterocycles. The molecule has 35 heavy (non-hydrogen) atoms. The van der Waals surface area contributed by atoms with Gasteiger partial charge in [0.1, 0.15) is 5.75 Å². The van der Waals surface area contributed by atoms with Crippen molar-refractivity contribution in [3.05, 3.63) is 90.5 Å². The molecule has 0 saturated carbocycles. The van der Waals surface area contributed by atoms with Gasteiger partial charge >= 0.3 is 5.97 Å². The molecule has 0 heterocycles. The fourth-order valence-electron chi connectivity index (χ4n) is 3.17. The van der Waals surface area contributed by atoms with Gasteiger partial charge in [0.05, 0.1) is 12.0 Å². The van der Waals surface area contributed by atoms with Crippen LogP contribution >= 0.6 is 0 Å². The molecular weight excluding hydrogens is 468 g/mol. The van der Waals surface area contributed by atoms with E-state index in [4.69, 9.17) is 9.47 Å². The number of nitrogens with zero attached hydrogens (tertiary/aromatic N) is 1. The zero-order chi connectivity index (χ0) is 25.3. The summed E-state index contributed by atoms with van der Waals surface area (Å²) < 4.78 is 37.8. The molecule has 0 atom stereocenters. The molecule has 0 aromatic heterocycles. The summed E-state index contributed by atoms with van der Waals surface area (Å²) in [6.07, 6.45) is 2.67. The molecule has 0 aliphatic carbocycles. The van der Waals surface area contributed by atoms with E-state index < -0.39 is 16.0 Å². The van der Waals surface area contributed by atoms with Crippen LogP contribution in [0.4, 0.5) is 11.4 Å². The molecule has 182 valence electrons. The summed E-state index contributed by atoms with van der Waals surface area (Å²) >= 11 is 0. The van der Waals surface area contributed by atoms with Crippen molar-refractivity contribution in [2.75, 3.05) is 29.9 Å². The Balaban J connectivity index is 1.55. The Labute approximate surface area is 204 Å². The Morgan fingerprint density at radius 1 is 0.943 bits per heavy atom. The average molecular weight is 495 g/mol. The van der Waals surface area contributed by atoms with E-state index in [-0.39, 0.29) is 17.4 Å². The first-order valence-corrected chi connectivity index (χ1v) is 12.3. The molecule has 0 fully saturated rings. The zero-order valence-corrected chi connectivity index (χ0v) is 20.2. The normalized spacial score (nSPS) is 11.1. The molecule has 0 unspecified atom stereocenters. The number of para-hydroxylation sites is 1. The van der Waals surface area contributed by atoms with Gasteiger partial charge < -0.3 is 14.4 Å². The van der Waals surface area contributed by atoms with Crippen molar-refractivity contribution in [3.63, 3.8) is 0 Å². The highest BCUT2D eigenvalue weighted by atomic mass is 32.2. The number of ether oxygens (including phenoxy) is 2. The van der Waals surface area contributed by atoms with Crippen LogP contribution < -0.4 is 14.4 Å². The Kier molecular flexibility index (Phi) is 8.63. The molecule has 0 bridgehead atoms. The number of methoxy groups -OCH3 is 1. The van der Waals surface area contributed by atoms with Crippen molar-refractivity contribution < 1.29 is 27.5 Å². The van der Waals surface area contributed by atoms with E-state index in [9.17, 15) is 18.0 Å². The van der Waals surface area contributed by atoms with Crippen LogP contribution in [0.1, 0.15) is 12.5 Å². The van der Waals surface area contributed by atoms with Crippen LogP contribution in [-0.4, -0.2) is 40.6 Å². The lowest BCUT2D eigenvalue weighted by molar-refractivity contribution is -0.142. The topological polar surface area (TPSA) is 102 Å². The lowest BCUT2D eigenvalue weighted by atomic mass is 10.2. The zero-order valence-electron chi connectivity index (χ0n) is 19.4.